The number of nitrogens with zero attached hydrogens (tertiary/aromatic N) is 3. The summed E-state index contributed by atoms with van der Waals surface area (Å²) in [6.07, 6.45) is 2.23. The highest BCUT2D eigenvalue weighted by Crippen LogP contribution is 2.30. The molecule has 1 aromatic heterocycles. The van der Waals surface area contributed by atoms with Gasteiger partial charge in [0, 0.05) is 25.1 Å². The predicted molar refractivity (Wildman–Crippen MR) is 74.4 cm³/mol. The van der Waals surface area contributed by atoms with Crippen LogP contribution < -0.4 is 4.90 Å². The largest absolute Gasteiger partial charge is 0.339 e. The summed E-state index contributed by atoms with van der Waals surface area (Å²) in [6.45, 7) is 2.68. The van der Waals surface area contributed by atoms with Gasteiger partial charge in [-0.3, -0.25) is 4.79 Å². The lowest BCUT2D eigenvalue weighted by Crippen LogP contribution is -2.24. The van der Waals surface area contributed by atoms with Gasteiger partial charge < -0.3 is 9.42 Å². The Kier molecular flexibility index (Phi) is 3.50. The van der Waals surface area contributed by atoms with Gasteiger partial charge in [-0.1, -0.05) is 30.3 Å². The first-order valence-electron chi connectivity index (χ1n) is 6.96. The number of para-hydroxylation sites is 1. The van der Waals surface area contributed by atoms with Gasteiger partial charge in [0.05, 0.1) is 5.92 Å². The fourth-order valence-corrected chi connectivity index (χ4v) is 2.49. The average molecular weight is 271 g/mol. The van der Waals surface area contributed by atoms with Crippen LogP contribution in [-0.4, -0.2) is 22.6 Å². The third kappa shape index (κ3) is 2.43. The molecule has 1 saturated heterocycles. The minimum atomic E-state index is 0.000752. The molecule has 0 bridgehead atoms. The van der Waals surface area contributed by atoms with Gasteiger partial charge in [0.2, 0.25) is 11.8 Å². The SMILES string of the molecule is CCCc1noc(C2CC(=O)N(c3ccccc3)C2)n1. The van der Waals surface area contributed by atoms with Gasteiger partial charge in [-0.05, 0) is 18.6 Å². The van der Waals surface area contributed by atoms with Gasteiger partial charge in [0.25, 0.3) is 0 Å². The Morgan fingerprint density at radius 2 is 2.15 bits per heavy atom. The lowest BCUT2D eigenvalue weighted by atomic mass is 10.1. The summed E-state index contributed by atoms with van der Waals surface area (Å²) in [5.41, 5.74) is 0.924. The normalized spacial score (nSPS) is 18.8. The second kappa shape index (κ2) is 5.45. The Bertz CT molecular complexity index is 594. The minimum Gasteiger partial charge on any atom is -0.339 e. The van der Waals surface area contributed by atoms with Crippen molar-refractivity contribution in [2.75, 3.05) is 11.4 Å². The second-order valence-electron chi connectivity index (χ2n) is 5.04. The first-order chi connectivity index (χ1) is 9.78. The molecule has 5 heteroatoms. The molecule has 1 amide bonds. The summed E-state index contributed by atoms with van der Waals surface area (Å²) in [5.74, 6) is 1.42. The van der Waals surface area contributed by atoms with Crippen LogP contribution in [0, 0.1) is 0 Å². The zero-order chi connectivity index (χ0) is 13.9. The first kappa shape index (κ1) is 12.8. The van der Waals surface area contributed by atoms with E-state index in [-0.39, 0.29) is 11.8 Å². The number of aryl methyl sites for hydroxylation is 1. The van der Waals surface area contributed by atoms with Crippen molar-refractivity contribution in [1.82, 2.24) is 10.1 Å². The summed E-state index contributed by atoms with van der Waals surface area (Å²) in [5, 5.41) is 3.96. The maximum atomic E-state index is 12.1. The smallest absolute Gasteiger partial charge is 0.232 e. The molecule has 0 N–H and O–H groups in total. The van der Waals surface area contributed by atoms with Crippen LogP contribution in [0.2, 0.25) is 0 Å². The van der Waals surface area contributed by atoms with E-state index in [0.717, 1.165) is 24.4 Å². The molecule has 0 saturated carbocycles. The van der Waals surface area contributed by atoms with E-state index in [2.05, 4.69) is 17.1 Å². The predicted octanol–water partition coefficient (Wildman–Crippen LogP) is 2.54. The van der Waals surface area contributed by atoms with Crippen molar-refractivity contribution >= 4 is 11.6 Å². The van der Waals surface area contributed by atoms with E-state index < -0.39 is 0 Å². The van der Waals surface area contributed by atoms with E-state index >= 15 is 0 Å². The zero-order valence-corrected chi connectivity index (χ0v) is 11.5. The van der Waals surface area contributed by atoms with Crippen molar-refractivity contribution in [3.05, 3.63) is 42.0 Å². The van der Waals surface area contributed by atoms with Gasteiger partial charge in [-0.2, -0.15) is 4.98 Å². The Morgan fingerprint density at radius 1 is 1.35 bits per heavy atom. The number of rotatable bonds is 4. The van der Waals surface area contributed by atoms with E-state index in [1.807, 2.05) is 30.3 Å². The number of carbonyl (C=O) groups is 1. The maximum absolute atomic E-state index is 12.1. The molecule has 1 fully saturated rings. The fourth-order valence-electron chi connectivity index (χ4n) is 2.49. The molecule has 5 nitrogen and oxygen atoms in total. The van der Waals surface area contributed by atoms with E-state index in [4.69, 9.17) is 4.52 Å². The van der Waals surface area contributed by atoms with Gasteiger partial charge in [0.15, 0.2) is 5.82 Å². The number of aromatic nitrogens is 2. The third-order valence-corrected chi connectivity index (χ3v) is 3.50. The Balaban J connectivity index is 1.76. The highest BCUT2D eigenvalue weighted by molar-refractivity contribution is 5.96. The molecular weight excluding hydrogens is 254 g/mol. The van der Waals surface area contributed by atoms with Crippen molar-refractivity contribution < 1.29 is 9.32 Å². The number of benzene rings is 1. The summed E-state index contributed by atoms with van der Waals surface area (Å²) < 4.78 is 5.29. The van der Waals surface area contributed by atoms with Crippen LogP contribution in [0.1, 0.15) is 37.4 Å². The number of amides is 1. The first-order valence-corrected chi connectivity index (χ1v) is 6.96. The standard InChI is InChI=1S/C15H17N3O2/c1-2-6-13-16-15(20-17-13)11-9-14(19)18(10-11)12-7-4-3-5-8-12/h3-5,7-8,11H,2,6,9-10H2,1H3. The monoisotopic (exact) mass is 271 g/mol. The van der Waals surface area contributed by atoms with Crippen LogP contribution in [0.3, 0.4) is 0 Å². The molecular formula is C15H17N3O2. The van der Waals surface area contributed by atoms with Crippen LogP contribution in [0.4, 0.5) is 5.69 Å². The van der Waals surface area contributed by atoms with Crippen molar-refractivity contribution in [3.63, 3.8) is 0 Å². The van der Waals surface area contributed by atoms with Crippen molar-refractivity contribution in [3.8, 4) is 0 Å². The summed E-state index contributed by atoms with van der Waals surface area (Å²) in [6, 6.07) is 9.69. The topological polar surface area (TPSA) is 59.2 Å². The molecule has 0 aliphatic carbocycles. The van der Waals surface area contributed by atoms with E-state index in [0.29, 0.717) is 18.9 Å². The van der Waals surface area contributed by atoms with Crippen LogP contribution >= 0.6 is 0 Å². The molecule has 1 aromatic carbocycles. The van der Waals surface area contributed by atoms with Gasteiger partial charge in [-0.25, -0.2) is 0 Å². The van der Waals surface area contributed by atoms with Crippen molar-refractivity contribution in [2.45, 2.75) is 32.1 Å². The molecule has 2 heterocycles. The number of hydrogen-bond donors (Lipinski definition) is 0. The highest BCUT2D eigenvalue weighted by Gasteiger charge is 2.34. The zero-order valence-electron chi connectivity index (χ0n) is 11.5. The van der Waals surface area contributed by atoms with Crippen molar-refractivity contribution in [1.29, 1.82) is 0 Å². The van der Waals surface area contributed by atoms with E-state index in [9.17, 15) is 4.79 Å². The average Bonchev–Trinajstić information content (AvgIpc) is 3.07. The fraction of sp³-hybridized carbons (Fsp3) is 0.400. The Morgan fingerprint density at radius 3 is 2.90 bits per heavy atom. The van der Waals surface area contributed by atoms with Crippen LogP contribution in [0.15, 0.2) is 34.9 Å². The summed E-state index contributed by atoms with van der Waals surface area (Å²) >= 11 is 0. The third-order valence-electron chi connectivity index (χ3n) is 3.50. The second-order valence-corrected chi connectivity index (χ2v) is 5.04. The number of anilines is 1. The molecule has 3 rings (SSSR count). The molecule has 104 valence electrons. The van der Waals surface area contributed by atoms with Gasteiger partial charge >= 0.3 is 0 Å². The van der Waals surface area contributed by atoms with E-state index in [1.165, 1.54) is 0 Å². The van der Waals surface area contributed by atoms with Crippen LogP contribution in [-0.2, 0) is 11.2 Å². The number of carbonyl (C=O) groups excluding carboxylic acids is 1. The molecule has 1 unspecified atom stereocenters. The molecule has 0 spiro atoms. The lowest BCUT2D eigenvalue weighted by molar-refractivity contribution is -0.117. The highest BCUT2D eigenvalue weighted by atomic mass is 16.5. The Labute approximate surface area is 117 Å². The van der Waals surface area contributed by atoms with E-state index in [1.54, 1.807) is 4.90 Å². The summed E-state index contributed by atoms with van der Waals surface area (Å²) in [7, 11) is 0. The molecule has 1 aliphatic heterocycles. The molecule has 0 radical (unpaired) electrons. The maximum Gasteiger partial charge on any atom is 0.232 e. The Hall–Kier alpha value is -2.17. The molecule has 1 aliphatic rings. The minimum absolute atomic E-state index is 0.000752. The quantitative estimate of drug-likeness (QED) is 0.857. The van der Waals surface area contributed by atoms with Crippen LogP contribution in [0.5, 0.6) is 0 Å². The molecule has 2 aromatic rings. The van der Waals surface area contributed by atoms with Gasteiger partial charge in [-0.15, -0.1) is 0 Å². The summed E-state index contributed by atoms with van der Waals surface area (Å²) in [4.78, 5) is 18.3. The molecule has 1 atom stereocenters. The van der Waals surface area contributed by atoms with Gasteiger partial charge in [0.1, 0.15) is 0 Å². The van der Waals surface area contributed by atoms with Crippen molar-refractivity contribution in [2.24, 2.45) is 0 Å². The van der Waals surface area contributed by atoms with Crippen LogP contribution in [0.25, 0.3) is 0 Å². The molecule has 20 heavy (non-hydrogen) atoms. The number of hydrogen-bond acceptors (Lipinski definition) is 4. The lowest BCUT2D eigenvalue weighted by Gasteiger charge is -2.15.